The van der Waals surface area contributed by atoms with Gasteiger partial charge in [-0.15, -0.1) is 0 Å². The summed E-state index contributed by atoms with van der Waals surface area (Å²) in [6.07, 6.45) is 10.5. The van der Waals surface area contributed by atoms with E-state index in [2.05, 4.69) is 12.2 Å². The Balaban J connectivity index is 1.46. The van der Waals surface area contributed by atoms with Gasteiger partial charge in [-0.25, -0.2) is 8.42 Å². The minimum absolute atomic E-state index is 0.0154. The Hall–Kier alpha value is -1.93. The molecule has 0 aromatic heterocycles. The third kappa shape index (κ3) is 5.77. The van der Waals surface area contributed by atoms with Crippen molar-refractivity contribution in [3.05, 3.63) is 23.8 Å². The molecule has 0 radical (unpaired) electrons. The fourth-order valence-electron chi connectivity index (χ4n) is 5.26. The number of hydrogen-bond acceptors (Lipinski definition) is 4. The van der Waals surface area contributed by atoms with Crippen molar-refractivity contribution in [2.45, 2.75) is 88.5 Å². The van der Waals surface area contributed by atoms with E-state index in [0.717, 1.165) is 44.1 Å². The largest absolute Gasteiger partial charge is 0.352 e. The first-order valence-electron chi connectivity index (χ1n) is 12.6. The lowest BCUT2D eigenvalue weighted by molar-refractivity contribution is -0.124. The maximum absolute atomic E-state index is 13.2. The molecule has 1 N–H and O–H groups in total. The van der Waals surface area contributed by atoms with Crippen molar-refractivity contribution >= 4 is 27.5 Å². The maximum Gasteiger partial charge on any atom is 0.243 e. The predicted molar refractivity (Wildman–Crippen MR) is 129 cm³/mol. The number of hydrogen-bond donors (Lipinski definition) is 1. The van der Waals surface area contributed by atoms with Crippen LogP contribution in [-0.4, -0.2) is 50.2 Å². The number of piperidine rings is 1. The Morgan fingerprint density at radius 1 is 1.00 bits per heavy atom. The summed E-state index contributed by atoms with van der Waals surface area (Å²) in [6.45, 7) is 3.24. The Morgan fingerprint density at radius 2 is 1.67 bits per heavy atom. The van der Waals surface area contributed by atoms with Crippen LogP contribution in [0.25, 0.3) is 0 Å². The van der Waals surface area contributed by atoms with Gasteiger partial charge in [0.05, 0.1) is 4.90 Å². The smallest absolute Gasteiger partial charge is 0.243 e. The van der Waals surface area contributed by atoms with Crippen LogP contribution in [0.4, 0.5) is 5.69 Å². The first-order chi connectivity index (χ1) is 15.8. The average Bonchev–Trinajstić information content (AvgIpc) is 2.77. The summed E-state index contributed by atoms with van der Waals surface area (Å²) >= 11 is 0. The third-order valence-corrected chi connectivity index (χ3v) is 9.30. The zero-order valence-electron chi connectivity index (χ0n) is 19.7. The van der Waals surface area contributed by atoms with Crippen LogP contribution in [0.2, 0.25) is 0 Å². The number of rotatable bonds is 5. The lowest BCUT2D eigenvalue weighted by Gasteiger charge is -2.32. The van der Waals surface area contributed by atoms with Crippen LogP contribution in [0.3, 0.4) is 0 Å². The molecule has 2 heterocycles. The summed E-state index contributed by atoms with van der Waals surface area (Å²) in [5.41, 5.74) is 1.48. The van der Waals surface area contributed by atoms with E-state index < -0.39 is 10.0 Å². The van der Waals surface area contributed by atoms with Gasteiger partial charge in [-0.1, -0.05) is 39.0 Å². The van der Waals surface area contributed by atoms with E-state index in [1.54, 1.807) is 22.5 Å². The predicted octanol–water partition coefficient (Wildman–Crippen LogP) is 3.62. The number of carbonyl (C=O) groups excluding carboxylic acids is 2. The molecule has 1 saturated heterocycles. The van der Waals surface area contributed by atoms with Crippen LogP contribution in [0.1, 0.15) is 76.7 Å². The number of carbonyl (C=O) groups is 2. The minimum atomic E-state index is -3.55. The molecule has 4 rings (SSSR count). The van der Waals surface area contributed by atoms with Gasteiger partial charge >= 0.3 is 0 Å². The normalized spacial score (nSPS) is 21.8. The average molecular weight is 476 g/mol. The number of nitrogens with zero attached hydrogens (tertiary/aromatic N) is 2. The standard InChI is InChI=1S/C25H37N3O4S/c1-19-13-15-27(16-14-19)33(31,32)22-10-11-23-20(17-22)9-12-25(30)28(23)18-24(29)26-21-7-5-3-2-4-6-8-21/h10-11,17,19,21H,2-9,12-16,18H2,1H3,(H,26,29). The molecule has 182 valence electrons. The lowest BCUT2D eigenvalue weighted by atomic mass is 9.96. The molecule has 7 nitrogen and oxygen atoms in total. The molecule has 1 aromatic rings. The number of amides is 2. The highest BCUT2D eigenvalue weighted by Crippen LogP contribution is 2.32. The number of anilines is 1. The molecule has 1 aliphatic carbocycles. The van der Waals surface area contributed by atoms with Crippen molar-refractivity contribution in [2.24, 2.45) is 5.92 Å². The quantitative estimate of drug-likeness (QED) is 0.705. The Morgan fingerprint density at radius 3 is 2.36 bits per heavy atom. The van der Waals surface area contributed by atoms with Crippen molar-refractivity contribution in [1.82, 2.24) is 9.62 Å². The van der Waals surface area contributed by atoms with E-state index in [9.17, 15) is 18.0 Å². The molecule has 0 unspecified atom stereocenters. The molecule has 3 aliphatic rings. The number of aryl methyl sites for hydroxylation is 1. The van der Waals surface area contributed by atoms with Crippen LogP contribution in [0.15, 0.2) is 23.1 Å². The van der Waals surface area contributed by atoms with E-state index in [1.807, 2.05) is 0 Å². The van der Waals surface area contributed by atoms with Gasteiger partial charge < -0.3 is 10.2 Å². The van der Waals surface area contributed by atoms with E-state index in [4.69, 9.17) is 0 Å². The van der Waals surface area contributed by atoms with Crippen LogP contribution < -0.4 is 10.2 Å². The zero-order chi connectivity index (χ0) is 23.4. The topological polar surface area (TPSA) is 86.8 Å². The highest BCUT2D eigenvalue weighted by Gasteiger charge is 2.31. The van der Waals surface area contributed by atoms with Gasteiger partial charge in [0.25, 0.3) is 0 Å². The summed E-state index contributed by atoms with van der Waals surface area (Å²) in [5, 5.41) is 3.13. The van der Waals surface area contributed by atoms with Crippen LogP contribution in [0.5, 0.6) is 0 Å². The molecule has 0 bridgehead atoms. The van der Waals surface area contributed by atoms with Crippen molar-refractivity contribution in [3.63, 3.8) is 0 Å². The molecule has 1 saturated carbocycles. The number of fused-ring (bicyclic) bond motifs is 1. The lowest BCUT2D eigenvalue weighted by Crippen LogP contribution is -2.46. The van der Waals surface area contributed by atoms with E-state index in [0.29, 0.717) is 31.1 Å². The number of nitrogens with one attached hydrogen (secondary N) is 1. The maximum atomic E-state index is 13.2. The molecule has 2 amide bonds. The Labute approximate surface area is 198 Å². The minimum Gasteiger partial charge on any atom is -0.352 e. The third-order valence-electron chi connectivity index (χ3n) is 7.40. The summed E-state index contributed by atoms with van der Waals surface area (Å²) in [7, 11) is -3.55. The van der Waals surface area contributed by atoms with Crippen LogP contribution in [0, 0.1) is 5.92 Å². The molecule has 8 heteroatoms. The summed E-state index contributed by atoms with van der Waals surface area (Å²) in [5.74, 6) is 0.324. The van der Waals surface area contributed by atoms with Crippen LogP contribution in [-0.2, 0) is 26.0 Å². The Bertz CT molecular complexity index is 962. The van der Waals surface area contributed by atoms with Gasteiger partial charge in [0.1, 0.15) is 6.54 Å². The van der Waals surface area contributed by atoms with Crippen molar-refractivity contribution in [1.29, 1.82) is 0 Å². The highest BCUT2D eigenvalue weighted by atomic mass is 32.2. The molecular weight excluding hydrogens is 438 g/mol. The zero-order valence-corrected chi connectivity index (χ0v) is 20.5. The highest BCUT2D eigenvalue weighted by molar-refractivity contribution is 7.89. The second kappa shape index (κ2) is 10.6. The Kier molecular flexibility index (Phi) is 7.74. The van der Waals surface area contributed by atoms with Gasteiger partial charge in [-0.3, -0.25) is 9.59 Å². The second-order valence-electron chi connectivity index (χ2n) is 9.97. The van der Waals surface area contributed by atoms with Gasteiger partial charge in [-0.2, -0.15) is 4.31 Å². The SMILES string of the molecule is CC1CCN(S(=O)(=O)c2ccc3c(c2)CCC(=O)N3CC(=O)NC2CCCCCCC2)CC1. The molecule has 2 fully saturated rings. The molecule has 0 spiro atoms. The van der Waals surface area contributed by atoms with E-state index in [1.165, 1.54) is 24.2 Å². The molecular formula is C25H37N3O4S. The fraction of sp³-hybridized carbons (Fsp3) is 0.680. The van der Waals surface area contributed by atoms with E-state index >= 15 is 0 Å². The van der Waals surface area contributed by atoms with Gasteiger partial charge in [-0.05, 0) is 61.8 Å². The molecule has 33 heavy (non-hydrogen) atoms. The number of benzene rings is 1. The number of sulfonamides is 1. The van der Waals surface area contributed by atoms with Crippen LogP contribution >= 0.6 is 0 Å². The molecule has 2 aliphatic heterocycles. The summed E-state index contributed by atoms with van der Waals surface area (Å²) < 4.78 is 27.9. The van der Waals surface area contributed by atoms with Gasteiger partial charge in [0.15, 0.2) is 0 Å². The first kappa shape index (κ1) is 24.2. The van der Waals surface area contributed by atoms with Gasteiger partial charge in [0, 0.05) is 31.2 Å². The van der Waals surface area contributed by atoms with Crippen molar-refractivity contribution in [3.8, 4) is 0 Å². The van der Waals surface area contributed by atoms with Gasteiger partial charge in [0.2, 0.25) is 21.8 Å². The molecule has 1 aromatic carbocycles. The van der Waals surface area contributed by atoms with E-state index in [-0.39, 0.29) is 35.7 Å². The fourth-order valence-corrected chi connectivity index (χ4v) is 6.78. The molecule has 0 atom stereocenters. The van der Waals surface area contributed by atoms with Crippen molar-refractivity contribution in [2.75, 3.05) is 24.5 Å². The monoisotopic (exact) mass is 475 g/mol. The first-order valence-corrected chi connectivity index (χ1v) is 14.0. The second-order valence-corrected chi connectivity index (χ2v) is 11.9. The summed E-state index contributed by atoms with van der Waals surface area (Å²) in [4.78, 5) is 27.3. The van der Waals surface area contributed by atoms with Crippen molar-refractivity contribution < 1.29 is 18.0 Å². The summed E-state index contributed by atoms with van der Waals surface area (Å²) in [6, 6.07) is 5.17.